The second kappa shape index (κ2) is 9.76. The van der Waals surface area contributed by atoms with Crippen molar-refractivity contribution in [2.75, 3.05) is 33.8 Å². The smallest absolute Gasteiger partial charge is 0.169 e. The van der Waals surface area contributed by atoms with Crippen LogP contribution in [0.5, 0.6) is 0 Å². The highest BCUT2D eigenvalue weighted by atomic mass is 19.1. The van der Waals surface area contributed by atoms with Gasteiger partial charge in [0.05, 0.1) is 6.10 Å². The number of benzene rings is 1. The van der Waals surface area contributed by atoms with E-state index in [-0.39, 0.29) is 17.5 Å². The molecule has 0 radical (unpaired) electrons. The molecule has 1 aromatic carbocycles. The molecule has 1 aliphatic heterocycles. The lowest BCUT2D eigenvalue weighted by Gasteiger charge is -2.25. The zero-order valence-electron chi connectivity index (χ0n) is 15.1. The second-order valence-electron chi connectivity index (χ2n) is 6.39. The van der Waals surface area contributed by atoms with Gasteiger partial charge in [-0.3, -0.25) is 0 Å². The minimum absolute atomic E-state index is 0.00709. The first kappa shape index (κ1) is 19.7. The highest BCUT2D eigenvalue weighted by Crippen LogP contribution is 2.22. The first-order valence-electron chi connectivity index (χ1n) is 8.58. The van der Waals surface area contributed by atoms with Crippen LogP contribution in [0.15, 0.2) is 35.7 Å². The van der Waals surface area contributed by atoms with Crippen LogP contribution in [-0.4, -0.2) is 44.8 Å². The van der Waals surface area contributed by atoms with Crippen molar-refractivity contribution >= 4 is 0 Å². The zero-order chi connectivity index (χ0) is 18.9. The van der Waals surface area contributed by atoms with Gasteiger partial charge in [0.1, 0.15) is 23.8 Å². The topological polar surface area (TPSA) is 84.1 Å². The van der Waals surface area contributed by atoms with Crippen LogP contribution in [-0.2, 0) is 11.3 Å². The number of allylic oxidation sites excluding steroid dienone is 1. The van der Waals surface area contributed by atoms with Crippen LogP contribution in [0.3, 0.4) is 0 Å². The van der Waals surface area contributed by atoms with Crippen LogP contribution in [0.2, 0.25) is 0 Å². The molecule has 138 valence electrons. The number of nitriles is 2. The van der Waals surface area contributed by atoms with Gasteiger partial charge in [0, 0.05) is 39.2 Å². The zero-order valence-corrected chi connectivity index (χ0v) is 15.1. The predicted molar refractivity (Wildman–Crippen MR) is 95.9 cm³/mol. The van der Waals surface area contributed by atoms with Crippen LogP contribution in [0.1, 0.15) is 12.0 Å². The molecule has 2 atom stereocenters. The van der Waals surface area contributed by atoms with Crippen LogP contribution in [0, 0.1) is 34.4 Å². The Balaban J connectivity index is 1.89. The van der Waals surface area contributed by atoms with Crippen LogP contribution in [0.25, 0.3) is 0 Å². The molecule has 2 unspecified atom stereocenters. The number of ether oxygens (including phenoxy) is 1. The highest BCUT2D eigenvalue weighted by molar-refractivity contribution is 5.38. The van der Waals surface area contributed by atoms with Crippen molar-refractivity contribution < 1.29 is 9.13 Å². The third-order valence-electron chi connectivity index (χ3n) is 4.46. The minimum atomic E-state index is -0.228. The van der Waals surface area contributed by atoms with Gasteiger partial charge in [-0.05, 0) is 31.2 Å². The summed E-state index contributed by atoms with van der Waals surface area (Å²) in [5, 5.41) is 23.9. The van der Waals surface area contributed by atoms with Gasteiger partial charge in [-0.2, -0.15) is 10.5 Å². The van der Waals surface area contributed by atoms with Gasteiger partial charge in [-0.1, -0.05) is 12.1 Å². The lowest BCUT2D eigenvalue weighted by Crippen LogP contribution is -2.38. The Kier molecular flexibility index (Phi) is 7.40. The third kappa shape index (κ3) is 5.45. The fourth-order valence-electron chi connectivity index (χ4n) is 3.13. The van der Waals surface area contributed by atoms with Gasteiger partial charge in [-0.25, -0.2) is 4.39 Å². The maximum atomic E-state index is 13.0. The summed E-state index contributed by atoms with van der Waals surface area (Å²) in [6.07, 6.45) is 0.967. The molecule has 2 rings (SSSR count). The van der Waals surface area contributed by atoms with Crippen molar-refractivity contribution in [3.63, 3.8) is 0 Å². The number of halogens is 1. The average molecular weight is 357 g/mol. The standard InChI is InChI=1S/C19H24FN5O/c1-23-19(16(9-21)10-22)24-11-18-15(7-8-26-18)13-25(2)12-14-3-5-17(20)6-4-14/h3-6,15,18,23-24H,7-8,11-13H2,1-2H3. The number of rotatable bonds is 8. The van der Waals surface area contributed by atoms with E-state index in [4.69, 9.17) is 15.3 Å². The first-order chi connectivity index (χ1) is 12.6. The maximum Gasteiger partial charge on any atom is 0.169 e. The Morgan fingerprint density at radius 1 is 1.31 bits per heavy atom. The summed E-state index contributed by atoms with van der Waals surface area (Å²) in [6.45, 7) is 2.82. The van der Waals surface area contributed by atoms with Gasteiger partial charge in [-0.15, -0.1) is 0 Å². The van der Waals surface area contributed by atoms with Crippen molar-refractivity contribution in [1.82, 2.24) is 15.5 Å². The Hall–Kier alpha value is -2.61. The molecule has 1 saturated heterocycles. The molecule has 6 nitrogen and oxygen atoms in total. The lowest BCUT2D eigenvalue weighted by atomic mass is 10.0. The fourth-order valence-corrected chi connectivity index (χ4v) is 3.13. The highest BCUT2D eigenvalue weighted by Gasteiger charge is 2.29. The van der Waals surface area contributed by atoms with Gasteiger partial charge in [0.25, 0.3) is 0 Å². The number of nitrogens with one attached hydrogen (secondary N) is 2. The summed E-state index contributed by atoms with van der Waals surface area (Å²) >= 11 is 0. The van der Waals surface area contributed by atoms with Gasteiger partial charge in [0.2, 0.25) is 0 Å². The molecule has 1 aliphatic rings. The normalized spacial score (nSPS) is 18.8. The molecular weight excluding hydrogens is 333 g/mol. The van der Waals surface area contributed by atoms with E-state index in [0.29, 0.717) is 24.9 Å². The van der Waals surface area contributed by atoms with Gasteiger partial charge < -0.3 is 20.3 Å². The quantitative estimate of drug-likeness (QED) is 0.690. The van der Waals surface area contributed by atoms with Crippen molar-refractivity contribution in [2.24, 2.45) is 5.92 Å². The van der Waals surface area contributed by atoms with Crippen molar-refractivity contribution in [3.8, 4) is 12.1 Å². The lowest BCUT2D eigenvalue weighted by molar-refractivity contribution is 0.0817. The summed E-state index contributed by atoms with van der Waals surface area (Å²) in [7, 11) is 3.70. The van der Waals surface area contributed by atoms with E-state index in [0.717, 1.165) is 25.1 Å². The van der Waals surface area contributed by atoms with E-state index in [1.54, 1.807) is 19.2 Å². The molecule has 1 heterocycles. The predicted octanol–water partition coefficient (Wildman–Crippen LogP) is 1.73. The summed E-state index contributed by atoms with van der Waals surface area (Å²) < 4.78 is 18.8. The summed E-state index contributed by atoms with van der Waals surface area (Å²) in [4.78, 5) is 2.20. The summed E-state index contributed by atoms with van der Waals surface area (Å²) in [5.41, 5.74) is 1.09. The number of hydrogen-bond acceptors (Lipinski definition) is 6. The van der Waals surface area contributed by atoms with Crippen molar-refractivity contribution in [3.05, 3.63) is 47.0 Å². The van der Waals surface area contributed by atoms with Crippen LogP contribution < -0.4 is 10.6 Å². The molecule has 0 bridgehead atoms. The third-order valence-corrected chi connectivity index (χ3v) is 4.46. The fraction of sp³-hybridized carbons (Fsp3) is 0.474. The minimum Gasteiger partial charge on any atom is -0.376 e. The molecule has 0 aromatic heterocycles. The molecular formula is C19H24FN5O. The monoisotopic (exact) mass is 357 g/mol. The molecule has 26 heavy (non-hydrogen) atoms. The van der Waals surface area contributed by atoms with Crippen LogP contribution in [0.4, 0.5) is 4.39 Å². The van der Waals surface area contributed by atoms with E-state index in [1.807, 2.05) is 19.2 Å². The van der Waals surface area contributed by atoms with Crippen LogP contribution >= 0.6 is 0 Å². The van der Waals surface area contributed by atoms with Crippen molar-refractivity contribution in [1.29, 1.82) is 10.5 Å². The second-order valence-corrected chi connectivity index (χ2v) is 6.39. The number of nitrogens with zero attached hydrogens (tertiary/aromatic N) is 3. The van der Waals surface area contributed by atoms with E-state index in [2.05, 4.69) is 15.5 Å². The SMILES string of the molecule is CNC(NCC1OCCC1CN(C)Cc1ccc(F)cc1)=C(C#N)C#N. The van der Waals surface area contributed by atoms with E-state index >= 15 is 0 Å². The summed E-state index contributed by atoms with van der Waals surface area (Å²) in [6, 6.07) is 10.3. The average Bonchev–Trinajstić information content (AvgIpc) is 3.07. The molecule has 1 aromatic rings. The Bertz CT molecular complexity index is 688. The molecule has 0 aliphatic carbocycles. The largest absolute Gasteiger partial charge is 0.376 e. The number of hydrogen-bond donors (Lipinski definition) is 2. The molecule has 2 N–H and O–H groups in total. The molecule has 7 heteroatoms. The summed E-state index contributed by atoms with van der Waals surface area (Å²) in [5.74, 6) is 0.539. The Morgan fingerprint density at radius 2 is 2.00 bits per heavy atom. The van der Waals surface area contributed by atoms with Crippen molar-refractivity contribution in [2.45, 2.75) is 19.1 Å². The Labute approximate surface area is 153 Å². The molecule has 0 spiro atoms. The molecule has 1 fully saturated rings. The van der Waals surface area contributed by atoms with E-state index < -0.39 is 0 Å². The molecule has 0 amide bonds. The first-order valence-corrected chi connectivity index (χ1v) is 8.58. The van der Waals surface area contributed by atoms with Gasteiger partial charge >= 0.3 is 0 Å². The maximum absolute atomic E-state index is 13.0. The van der Waals surface area contributed by atoms with Gasteiger partial charge in [0.15, 0.2) is 5.57 Å². The molecule has 0 saturated carbocycles. The van der Waals surface area contributed by atoms with E-state index in [9.17, 15) is 4.39 Å². The van der Waals surface area contributed by atoms with E-state index in [1.165, 1.54) is 12.1 Å². The Morgan fingerprint density at radius 3 is 2.62 bits per heavy atom.